The topological polar surface area (TPSA) is 49.4 Å². The van der Waals surface area contributed by atoms with Crippen LogP contribution in [0.4, 0.5) is 0 Å². The Hall–Kier alpha value is 0.0500. The fourth-order valence-electron chi connectivity index (χ4n) is 2.26. The summed E-state index contributed by atoms with van der Waals surface area (Å²) in [7, 11) is -3.49. The molecule has 1 aliphatic heterocycles. The van der Waals surface area contributed by atoms with Crippen LogP contribution in [0.25, 0.3) is 0 Å². The standard InChI is InChI=1S/C13H18Br2N2O2S/c1-9-6-11(15)12(7-10(9)14)20(18,19)17-5-4-16-13(2,3)8-17/h6-7,16H,4-5,8H2,1-3H3. The zero-order chi connectivity index (χ0) is 15.1. The van der Waals surface area contributed by atoms with Crippen LogP contribution in [-0.4, -0.2) is 37.9 Å². The first-order chi connectivity index (χ1) is 9.13. The molecule has 1 aromatic carbocycles. The number of halogens is 2. The number of piperazine rings is 1. The lowest BCUT2D eigenvalue weighted by atomic mass is 10.0. The Balaban J connectivity index is 2.43. The zero-order valence-corrected chi connectivity index (χ0v) is 15.7. The molecule has 1 N–H and O–H groups in total. The van der Waals surface area contributed by atoms with Crippen molar-refractivity contribution in [3.63, 3.8) is 0 Å². The number of rotatable bonds is 2. The van der Waals surface area contributed by atoms with Crippen LogP contribution < -0.4 is 5.32 Å². The lowest BCUT2D eigenvalue weighted by Crippen LogP contribution is -2.58. The van der Waals surface area contributed by atoms with E-state index in [2.05, 4.69) is 37.2 Å². The molecular weight excluding hydrogens is 408 g/mol. The molecule has 112 valence electrons. The van der Waals surface area contributed by atoms with Gasteiger partial charge < -0.3 is 5.32 Å². The molecule has 0 spiro atoms. The Bertz CT molecular complexity index is 630. The van der Waals surface area contributed by atoms with Gasteiger partial charge in [-0.3, -0.25) is 0 Å². The maximum absolute atomic E-state index is 12.8. The Morgan fingerprint density at radius 2 is 1.90 bits per heavy atom. The molecule has 20 heavy (non-hydrogen) atoms. The van der Waals surface area contributed by atoms with E-state index in [9.17, 15) is 8.42 Å². The summed E-state index contributed by atoms with van der Waals surface area (Å²) in [4.78, 5) is 0.313. The first kappa shape index (κ1) is 16.4. The van der Waals surface area contributed by atoms with E-state index in [1.807, 2.05) is 26.8 Å². The quantitative estimate of drug-likeness (QED) is 0.792. The highest BCUT2D eigenvalue weighted by Crippen LogP contribution is 2.31. The molecule has 0 bridgehead atoms. The minimum Gasteiger partial charge on any atom is -0.309 e. The van der Waals surface area contributed by atoms with E-state index in [4.69, 9.17) is 0 Å². The smallest absolute Gasteiger partial charge is 0.244 e. The number of nitrogens with one attached hydrogen (secondary N) is 1. The van der Waals surface area contributed by atoms with Crippen molar-refractivity contribution in [3.8, 4) is 0 Å². The van der Waals surface area contributed by atoms with Gasteiger partial charge in [-0.15, -0.1) is 0 Å². The van der Waals surface area contributed by atoms with E-state index >= 15 is 0 Å². The highest BCUT2D eigenvalue weighted by Gasteiger charge is 2.34. The van der Waals surface area contributed by atoms with Crippen molar-refractivity contribution in [1.82, 2.24) is 9.62 Å². The number of hydrogen-bond donors (Lipinski definition) is 1. The summed E-state index contributed by atoms with van der Waals surface area (Å²) in [5.41, 5.74) is 0.788. The predicted molar refractivity (Wildman–Crippen MR) is 87.4 cm³/mol. The van der Waals surface area contributed by atoms with Crippen LogP contribution in [0.1, 0.15) is 19.4 Å². The van der Waals surface area contributed by atoms with E-state index in [1.54, 1.807) is 10.4 Å². The fourth-order valence-corrected chi connectivity index (χ4v) is 5.51. The third-order valence-corrected chi connectivity index (χ3v) is 7.03. The lowest BCUT2D eigenvalue weighted by molar-refractivity contribution is 0.233. The molecule has 7 heteroatoms. The first-order valence-corrected chi connectivity index (χ1v) is 9.37. The summed E-state index contributed by atoms with van der Waals surface area (Å²) < 4.78 is 28.6. The normalized spacial score (nSPS) is 20.1. The molecule has 2 rings (SSSR count). The Labute approximate surface area is 137 Å². The van der Waals surface area contributed by atoms with Crippen LogP contribution in [0.5, 0.6) is 0 Å². The van der Waals surface area contributed by atoms with Crippen LogP contribution in [-0.2, 0) is 10.0 Å². The second-order valence-corrected chi connectivity index (χ2v) is 9.30. The average Bonchev–Trinajstić information content (AvgIpc) is 2.32. The monoisotopic (exact) mass is 424 g/mol. The molecule has 1 aromatic rings. The summed E-state index contributed by atoms with van der Waals surface area (Å²) in [6, 6.07) is 3.49. The average molecular weight is 426 g/mol. The van der Waals surface area contributed by atoms with Crippen LogP contribution in [0.15, 0.2) is 26.0 Å². The van der Waals surface area contributed by atoms with Crippen molar-refractivity contribution < 1.29 is 8.42 Å². The van der Waals surface area contributed by atoms with E-state index in [1.165, 1.54) is 0 Å². The number of hydrogen-bond acceptors (Lipinski definition) is 3. The van der Waals surface area contributed by atoms with Crippen LogP contribution in [0.2, 0.25) is 0 Å². The van der Waals surface area contributed by atoms with Crippen molar-refractivity contribution in [3.05, 3.63) is 26.6 Å². The summed E-state index contributed by atoms with van der Waals surface area (Å²) in [6.45, 7) is 7.57. The maximum atomic E-state index is 12.8. The van der Waals surface area contributed by atoms with Gasteiger partial charge in [-0.2, -0.15) is 4.31 Å². The van der Waals surface area contributed by atoms with E-state index < -0.39 is 10.0 Å². The second kappa shape index (κ2) is 5.68. The number of aryl methyl sites for hydroxylation is 1. The number of nitrogens with zero attached hydrogens (tertiary/aromatic N) is 1. The second-order valence-electron chi connectivity index (χ2n) is 5.68. The molecule has 1 heterocycles. The van der Waals surface area contributed by atoms with Gasteiger partial charge in [0.2, 0.25) is 10.0 Å². The van der Waals surface area contributed by atoms with Crippen molar-refractivity contribution >= 4 is 41.9 Å². The van der Waals surface area contributed by atoms with Gasteiger partial charge in [-0.25, -0.2) is 8.42 Å². The summed E-state index contributed by atoms with van der Waals surface area (Å²) in [5, 5.41) is 3.32. The third kappa shape index (κ3) is 3.27. The van der Waals surface area contributed by atoms with Gasteiger partial charge >= 0.3 is 0 Å². The van der Waals surface area contributed by atoms with E-state index in [0.717, 1.165) is 10.0 Å². The van der Waals surface area contributed by atoms with Crippen molar-refractivity contribution in [2.45, 2.75) is 31.2 Å². The molecule has 0 radical (unpaired) electrons. The number of sulfonamides is 1. The SMILES string of the molecule is Cc1cc(Br)c(S(=O)(=O)N2CCNC(C)(C)C2)cc1Br. The minimum absolute atomic E-state index is 0.209. The fraction of sp³-hybridized carbons (Fsp3) is 0.538. The van der Waals surface area contributed by atoms with Crippen molar-refractivity contribution in [1.29, 1.82) is 0 Å². The van der Waals surface area contributed by atoms with Gasteiger partial charge in [0.25, 0.3) is 0 Å². The molecule has 1 fully saturated rings. The zero-order valence-electron chi connectivity index (χ0n) is 11.7. The highest BCUT2D eigenvalue weighted by molar-refractivity contribution is 9.11. The van der Waals surface area contributed by atoms with Gasteiger partial charge in [0, 0.05) is 34.1 Å². The molecule has 4 nitrogen and oxygen atoms in total. The van der Waals surface area contributed by atoms with Crippen LogP contribution in [0.3, 0.4) is 0 Å². The Kier molecular flexibility index (Phi) is 4.67. The first-order valence-electron chi connectivity index (χ1n) is 6.34. The minimum atomic E-state index is -3.49. The molecule has 0 amide bonds. The molecule has 1 saturated heterocycles. The van der Waals surface area contributed by atoms with Crippen molar-refractivity contribution in [2.75, 3.05) is 19.6 Å². The van der Waals surface area contributed by atoms with Crippen LogP contribution >= 0.6 is 31.9 Å². The maximum Gasteiger partial charge on any atom is 0.244 e. The summed E-state index contributed by atoms with van der Waals surface area (Å²) >= 11 is 6.77. The molecular formula is C13H18Br2N2O2S. The van der Waals surface area contributed by atoms with Gasteiger partial charge in [-0.05, 0) is 54.4 Å². The number of benzene rings is 1. The van der Waals surface area contributed by atoms with Gasteiger partial charge in [0.05, 0.1) is 4.90 Å². The third-order valence-electron chi connectivity index (χ3n) is 3.37. The van der Waals surface area contributed by atoms with Gasteiger partial charge in [0.15, 0.2) is 0 Å². The Morgan fingerprint density at radius 3 is 2.50 bits per heavy atom. The van der Waals surface area contributed by atoms with Crippen LogP contribution in [0, 0.1) is 6.92 Å². The largest absolute Gasteiger partial charge is 0.309 e. The summed E-state index contributed by atoms with van der Waals surface area (Å²) in [6.07, 6.45) is 0. The van der Waals surface area contributed by atoms with E-state index in [-0.39, 0.29) is 5.54 Å². The molecule has 1 aliphatic rings. The molecule has 0 atom stereocenters. The molecule has 0 aliphatic carbocycles. The molecule has 0 unspecified atom stereocenters. The summed E-state index contributed by atoms with van der Waals surface area (Å²) in [5.74, 6) is 0. The van der Waals surface area contributed by atoms with Gasteiger partial charge in [-0.1, -0.05) is 15.9 Å². The van der Waals surface area contributed by atoms with Gasteiger partial charge in [0.1, 0.15) is 0 Å². The molecule has 0 saturated carbocycles. The highest BCUT2D eigenvalue weighted by atomic mass is 79.9. The lowest BCUT2D eigenvalue weighted by Gasteiger charge is -2.38. The molecule has 0 aromatic heterocycles. The van der Waals surface area contributed by atoms with Crippen molar-refractivity contribution in [2.24, 2.45) is 0 Å². The Morgan fingerprint density at radius 1 is 1.25 bits per heavy atom. The predicted octanol–water partition coefficient (Wildman–Crippen LogP) is 2.89. The van der Waals surface area contributed by atoms with E-state index in [0.29, 0.717) is 29.0 Å².